The van der Waals surface area contributed by atoms with Crippen LogP contribution in [0, 0.1) is 0 Å². The first kappa shape index (κ1) is 13.0. The number of carboxylic acids is 1. The fraction of sp³-hybridized carbons (Fsp3) is 0.273. The van der Waals surface area contributed by atoms with Crippen LogP contribution in [0.4, 0.5) is 0 Å². The van der Waals surface area contributed by atoms with Crippen molar-refractivity contribution in [3.63, 3.8) is 0 Å². The Labute approximate surface area is 98.4 Å². The van der Waals surface area contributed by atoms with Gasteiger partial charge in [0.05, 0.1) is 6.54 Å². The van der Waals surface area contributed by atoms with Crippen LogP contribution < -0.4 is 15.8 Å². The quantitative estimate of drug-likeness (QED) is 0.573. The van der Waals surface area contributed by atoms with E-state index < -0.39 is 11.9 Å². The van der Waals surface area contributed by atoms with E-state index in [1.807, 2.05) is 0 Å². The van der Waals surface area contributed by atoms with Crippen molar-refractivity contribution in [2.75, 3.05) is 19.7 Å². The number of hydrogen-bond donors (Lipinski definition) is 3. The topological polar surface area (TPSA) is 102 Å². The van der Waals surface area contributed by atoms with Crippen LogP contribution in [-0.4, -0.2) is 36.7 Å². The van der Waals surface area contributed by atoms with Crippen LogP contribution in [0.15, 0.2) is 24.3 Å². The van der Waals surface area contributed by atoms with E-state index in [1.54, 1.807) is 18.2 Å². The summed E-state index contributed by atoms with van der Waals surface area (Å²) in [6.07, 6.45) is 0. The van der Waals surface area contributed by atoms with Gasteiger partial charge in [-0.25, -0.2) is 4.79 Å². The van der Waals surface area contributed by atoms with E-state index in [1.165, 1.54) is 6.07 Å². The molecule has 6 heteroatoms. The number of para-hydroxylation sites is 1. The molecule has 0 aliphatic carbocycles. The third-order valence-corrected chi connectivity index (χ3v) is 1.95. The van der Waals surface area contributed by atoms with Gasteiger partial charge in [0.25, 0.3) is 0 Å². The van der Waals surface area contributed by atoms with Crippen molar-refractivity contribution >= 4 is 11.9 Å². The number of primary amides is 1. The van der Waals surface area contributed by atoms with Crippen molar-refractivity contribution in [3.05, 3.63) is 29.8 Å². The Balaban J connectivity index is 2.41. The molecule has 1 rings (SSSR count). The summed E-state index contributed by atoms with van der Waals surface area (Å²) < 4.78 is 5.28. The maximum Gasteiger partial charge on any atom is 0.339 e. The van der Waals surface area contributed by atoms with E-state index in [2.05, 4.69) is 5.32 Å². The molecule has 1 aromatic rings. The Hall–Kier alpha value is -2.08. The molecule has 17 heavy (non-hydrogen) atoms. The summed E-state index contributed by atoms with van der Waals surface area (Å²) in [5.74, 6) is -1.18. The molecule has 4 N–H and O–H groups in total. The van der Waals surface area contributed by atoms with Gasteiger partial charge in [-0.1, -0.05) is 12.1 Å². The monoisotopic (exact) mass is 238 g/mol. The van der Waals surface area contributed by atoms with Gasteiger partial charge in [0.15, 0.2) is 0 Å². The second-order valence-electron chi connectivity index (χ2n) is 3.29. The highest BCUT2D eigenvalue weighted by Gasteiger charge is 2.09. The molecule has 0 saturated carbocycles. The van der Waals surface area contributed by atoms with Gasteiger partial charge in [-0.05, 0) is 12.1 Å². The van der Waals surface area contributed by atoms with Crippen LogP contribution >= 0.6 is 0 Å². The lowest BCUT2D eigenvalue weighted by molar-refractivity contribution is -0.117. The molecule has 0 aliphatic rings. The van der Waals surface area contributed by atoms with Crippen molar-refractivity contribution in [1.29, 1.82) is 0 Å². The van der Waals surface area contributed by atoms with Crippen molar-refractivity contribution in [2.45, 2.75) is 0 Å². The number of carbonyl (C=O) groups is 2. The molecule has 0 heterocycles. The van der Waals surface area contributed by atoms with Crippen molar-refractivity contribution in [2.24, 2.45) is 5.73 Å². The van der Waals surface area contributed by atoms with Crippen LogP contribution in [0.5, 0.6) is 5.75 Å². The first-order valence-corrected chi connectivity index (χ1v) is 5.05. The highest BCUT2D eigenvalue weighted by molar-refractivity contribution is 5.90. The molecule has 0 atom stereocenters. The van der Waals surface area contributed by atoms with Crippen LogP contribution in [0.3, 0.4) is 0 Å². The molecule has 0 bridgehead atoms. The van der Waals surface area contributed by atoms with Crippen molar-refractivity contribution in [1.82, 2.24) is 5.32 Å². The van der Waals surface area contributed by atoms with Crippen molar-refractivity contribution < 1.29 is 19.4 Å². The molecule has 0 saturated heterocycles. The Kier molecular flexibility index (Phi) is 4.96. The number of ether oxygens (including phenoxy) is 1. The summed E-state index contributed by atoms with van der Waals surface area (Å²) in [5, 5.41) is 11.6. The number of aromatic carboxylic acids is 1. The molecular formula is C11H14N2O4. The Morgan fingerprint density at radius 1 is 1.35 bits per heavy atom. The SMILES string of the molecule is NC(=O)CNCCOc1ccccc1C(=O)O. The number of benzene rings is 1. The summed E-state index contributed by atoms with van der Waals surface area (Å²) in [6.45, 7) is 0.748. The van der Waals surface area contributed by atoms with Gasteiger partial charge in [-0.15, -0.1) is 0 Å². The standard InChI is InChI=1S/C11H14N2O4/c12-10(14)7-13-5-6-17-9-4-2-1-3-8(9)11(15)16/h1-4,13H,5-7H2,(H2,12,14)(H,15,16). The average molecular weight is 238 g/mol. The number of nitrogens with one attached hydrogen (secondary N) is 1. The molecule has 0 aromatic heterocycles. The van der Waals surface area contributed by atoms with Gasteiger partial charge in [0.2, 0.25) is 5.91 Å². The Bertz CT molecular complexity index is 406. The van der Waals surface area contributed by atoms with Gasteiger partial charge < -0.3 is 20.9 Å². The summed E-state index contributed by atoms with van der Waals surface area (Å²) in [4.78, 5) is 21.3. The molecule has 1 amide bonds. The minimum atomic E-state index is -1.04. The van der Waals surface area contributed by atoms with Gasteiger partial charge in [-0.2, -0.15) is 0 Å². The summed E-state index contributed by atoms with van der Waals surface area (Å²) in [5.41, 5.74) is 5.04. The van der Waals surface area contributed by atoms with E-state index in [-0.39, 0.29) is 18.7 Å². The summed E-state index contributed by atoms with van der Waals surface area (Å²) >= 11 is 0. The van der Waals surface area contributed by atoms with Crippen LogP contribution in [0.2, 0.25) is 0 Å². The number of nitrogens with two attached hydrogens (primary N) is 1. The van der Waals surface area contributed by atoms with Crippen LogP contribution in [-0.2, 0) is 4.79 Å². The fourth-order valence-corrected chi connectivity index (χ4v) is 1.21. The van der Waals surface area contributed by atoms with E-state index in [0.717, 1.165) is 0 Å². The molecule has 0 unspecified atom stereocenters. The third kappa shape index (κ3) is 4.52. The van der Waals surface area contributed by atoms with E-state index >= 15 is 0 Å². The lowest BCUT2D eigenvalue weighted by Gasteiger charge is -2.08. The first-order valence-electron chi connectivity index (χ1n) is 5.05. The molecule has 1 aromatic carbocycles. The molecule has 0 spiro atoms. The zero-order valence-corrected chi connectivity index (χ0v) is 9.18. The smallest absolute Gasteiger partial charge is 0.339 e. The van der Waals surface area contributed by atoms with Gasteiger partial charge in [0, 0.05) is 6.54 Å². The Morgan fingerprint density at radius 2 is 2.06 bits per heavy atom. The lowest BCUT2D eigenvalue weighted by atomic mass is 10.2. The van der Waals surface area contributed by atoms with Crippen molar-refractivity contribution in [3.8, 4) is 5.75 Å². The van der Waals surface area contributed by atoms with E-state index in [0.29, 0.717) is 12.3 Å². The molecule has 6 nitrogen and oxygen atoms in total. The predicted molar refractivity (Wildman–Crippen MR) is 61.0 cm³/mol. The largest absolute Gasteiger partial charge is 0.491 e. The maximum atomic E-state index is 10.8. The van der Waals surface area contributed by atoms with E-state index in [4.69, 9.17) is 15.6 Å². The lowest BCUT2D eigenvalue weighted by Crippen LogP contribution is -2.31. The number of rotatable bonds is 7. The molecule has 92 valence electrons. The van der Waals surface area contributed by atoms with Crippen LogP contribution in [0.25, 0.3) is 0 Å². The summed E-state index contributed by atoms with van der Waals surface area (Å²) in [7, 11) is 0. The zero-order valence-electron chi connectivity index (χ0n) is 9.18. The minimum absolute atomic E-state index is 0.0734. The normalized spacial score (nSPS) is 9.88. The summed E-state index contributed by atoms with van der Waals surface area (Å²) in [6, 6.07) is 6.37. The third-order valence-electron chi connectivity index (χ3n) is 1.95. The number of amides is 1. The van der Waals surface area contributed by atoms with E-state index in [9.17, 15) is 9.59 Å². The minimum Gasteiger partial charge on any atom is -0.491 e. The highest BCUT2D eigenvalue weighted by Crippen LogP contribution is 2.17. The second-order valence-corrected chi connectivity index (χ2v) is 3.29. The van der Waals surface area contributed by atoms with Gasteiger partial charge in [0.1, 0.15) is 17.9 Å². The Morgan fingerprint density at radius 3 is 2.71 bits per heavy atom. The van der Waals surface area contributed by atoms with Crippen LogP contribution in [0.1, 0.15) is 10.4 Å². The zero-order chi connectivity index (χ0) is 12.7. The maximum absolute atomic E-state index is 10.8. The second kappa shape index (κ2) is 6.49. The first-order chi connectivity index (χ1) is 8.11. The number of carbonyl (C=O) groups excluding carboxylic acids is 1. The predicted octanol–water partition coefficient (Wildman–Crippen LogP) is -0.161. The molecule has 0 aliphatic heterocycles. The van der Waals surface area contributed by atoms with Gasteiger partial charge in [-0.3, -0.25) is 4.79 Å². The number of carboxylic acid groups (broad SMARTS) is 1. The van der Waals surface area contributed by atoms with Gasteiger partial charge >= 0.3 is 5.97 Å². The average Bonchev–Trinajstić information content (AvgIpc) is 2.28. The highest BCUT2D eigenvalue weighted by atomic mass is 16.5. The molecule has 0 fully saturated rings. The molecular weight excluding hydrogens is 224 g/mol. The molecule has 0 radical (unpaired) electrons. The number of hydrogen-bond acceptors (Lipinski definition) is 4. The fourth-order valence-electron chi connectivity index (χ4n) is 1.21.